The van der Waals surface area contributed by atoms with Crippen molar-refractivity contribution in [3.05, 3.63) is 65.2 Å². The Hall–Kier alpha value is -2.86. The highest BCUT2D eigenvalue weighted by atomic mass is 35.5. The predicted octanol–water partition coefficient (Wildman–Crippen LogP) is 2.90. The van der Waals surface area contributed by atoms with Crippen molar-refractivity contribution in [1.82, 2.24) is 10.2 Å². The van der Waals surface area contributed by atoms with Crippen LogP contribution in [0.1, 0.15) is 5.56 Å². The van der Waals surface area contributed by atoms with E-state index in [4.69, 9.17) is 11.6 Å². The van der Waals surface area contributed by atoms with E-state index in [1.807, 2.05) is 30.3 Å². The van der Waals surface area contributed by atoms with Gasteiger partial charge in [0.25, 0.3) is 0 Å². The van der Waals surface area contributed by atoms with Crippen LogP contribution in [0.5, 0.6) is 0 Å². The maximum atomic E-state index is 12.2. The van der Waals surface area contributed by atoms with Gasteiger partial charge in [-0.15, -0.1) is 0 Å². The molecule has 6 nitrogen and oxygen atoms in total. The van der Waals surface area contributed by atoms with E-state index in [1.54, 1.807) is 36.2 Å². The van der Waals surface area contributed by atoms with Crippen LogP contribution in [0.3, 0.4) is 0 Å². The lowest BCUT2D eigenvalue weighted by Crippen LogP contribution is -2.34. The summed E-state index contributed by atoms with van der Waals surface area (Å²) in [5.74, 6) is 0.0473. The molecule has 3 amide bonds. The number of amides is 3. The molecule has 1 aliphatic heterocycles. The number of nitrogens with one attached hydrogen (secondary N) is 2. The van der Waals surface area contributed by atoms with Gasteiger partial charge in [-0.3, -0.25) is 10.1 Å². The van der Waals surface area contributed by atoms with E-state index in [0.717, 1.165) is 5.56 Å². The molecule has 2 aromatic carbocycles. The minimum atomic E-state index is -0.579. The maximum absolute atomic E-state index is 12.2. The topological polar surface area (TPSA) is 73.8 Å². The highest BCUT2D eigenvalue weighted by molar-refractivity contribution is 6.30. The summed E-state index contributed by atoms with van der Waals surface area (Å²) in [4.78, 5) is 29.9. The van der Waals surface area contributed by atoms with E-state index in [1.165, 1.54) is 0 Å². The van der Waals surface area contributed by atoms with Crippen LogP contribution in [-0.2, 0) is 11.2 Å². The fraction of sp³-hybridized carbons (Fsp3) is 0.167. The Bertz CT molecular complexity index is 823. The van der Waals surface area contributed by atoms with Crippen LogP contribution in [0.25, 0.3) is 0 Å². The quantitative estimate of drug-likeness (QED) is 0.888. The number of hydrogen-bond acceptors (Lipinski definition) is 2. The van der Waals surface area contributed by atoms with Crippen LogP contribution in [0.2, 0.25) is 5.02 Å². The highest BCUT2D eigenvalue weighted by Gasteiger charge is 2.34. The van der Waals surface area contributed by atoms with Crippen LogP contribution in [0, 0.1) is 0 Å². The van der Waals surface area contributed by atoms with Gasteiger partial charge in [0.2, 0.25) is 11.9 Å². The molecule has 1 aliphatic rings. The molecule has 0 aromatic heterocycles. The molecule has 0 spiro atoms. The minimum Gasteiger partial charge on any atom is -0.333 e. The summed E-state index contributed by atoms with van der Waals surface area (Å²) >= 11 is 5.88. The van der Waals surface area contributed by atoms with Gasteiger partial charge < -0.3 is 10.2 Å². The number of benzene rings is 2. The molecule has 1 saturated heterocycles. The van der Waals surface area contributed by atoms with Gasteiger partial charge in [-0.25, -0.2) is 4.79 Å². The average molecular weight is 357 g/mol. The molecule has 1 fully saturated rings. The van der Waals surface area contributed by atoms with E-state index in [0.29, 0.717) is 17.1 Å². The molecule has 2 N–H and O–H groups in total. The number of halogens is 1. The van der Waals surface area contributed by atoms with Crippen LogP contribution in [-0.4, -0.2) is 35.9 Å². The van der Waals surface area contributed by atoms with Crippen LogP contribution in [0.15, 0.2) is 59.6 Å². The second kappa shape index (κ2) is 7.36. The zero-order chi connectivity index (χ0) is 17.8. The van der Waals surface area contributed by atoms with Gasteiger partial charge in [-0.1, -0.05) is 48.0 Å². The molecule has 1 unspecified atom stereocenters. The number of aliphatic imine (C=N–C) groups is 1. The molecule has 0 aliphatic carbocycles. The summed E-state index contributed by atoms with van der Waals surface area (Å²) in [5.41, 5.74) is 1.58. The van der Waals surface area contributed by atoms with Crippen LogP contribution >= 0.6 is 11.6 Å². The normalized spacial score (nSPS) is 18.3. The summed E-state index contributed by atoms with van der Waals surface area (Å²) in [6.45, 7) is 0. The average Bonchev–Trinajstić information content (AvgIpc) is 2.83. The Kier molecular flexibility index (Phi) is 5.00. The minimum absolute atomic E-state index is 0.180. The fourth-order valence-electron chi connectivity index (χ4n) is 2.59. The van der Waals surface area contributed by atoms with Crippen LogP contribution in [0.4, 0.5) is 10.5 Å². The number of rotatable bonds is 3. The third kappa shape index (κ3) is 4.16. The molecular weight excluding hydrogens is 340 g/mol. The van der Waals surface area contributed by atoms with E-state index in [9.17, 15) is 9.59 Å². The second-order valence-electron chi connectivity index (χ2n) is 5.68. The number of likely N-dealkylation sites (N-methyl/N-ethyl adjacent to an activating group) is 1. The van der Waals surface area contributed by atoms with Gasteiger partial charge in [0, 0.05) is 24.2 Å². The van der Waals surface area contributed by atoms with Crippen molar-refractivity contribution in [2.24, 2.45) is 4.99 Å². The molecule has 0 saturated carbocycles. The second-order valence-corrected chi connectivity index (χ2v) is 6.12. The van der Waals surface area contributed by atoms with E-state index < -0.39 is 12.1 Å². The Balaban J connectivity index is 1.69. The van der Waals surface area contributed by atoms with E-state index in [2.05, 4.69) is 15.6 Å². The maximum Gasteiger partial charge on any atom is 0.348 e. The summed E-state index contributed by atoms with van der Waals surface area (Å²) in [5, 5.41) is 5.79. The van der Waals surface area contributed by atoms with Gasteiger partial charge in [0.1, 0.15) is 6.04 Å². The zero-order valence-electron chi connectivity index (χ0n) is 13.6. The summed E-state index contributed by atoms with van der Waals surface area (Å²) in [6.07, 6.45) is 0.540. The third-order valence-corrected chi connectivity index (χ3v) is 4.13. The highest BCUT2D eigenvalue weighted by Crippen LogP contribution is 2.16. The number of anilines is 1. The molecule has 25 heavy (non-hydrogen) atoms. The zero-order valence-corrected chi connectivity index (χ0v) is 14.3. The van der Waals surface area contributed by atoms with E-state index >= 15 is 0 Å². The summed E-state index contributed by atoms with van der Waals surface area (Å²) in [6, 6.07) is 15.5. The predicted molar refractivity (Wildman–Crippen MR) is 97.7 cm³/mol. The van der Waals surface area contributed by atoms with Gasteiger partial charge in [-0.2, -0.15) is 4.99 Å². The first kappa shape index (κ1) is 17.0. The van der Waals surface area contributed by atoms with Gasteiger partial charge in [-0.05, 0) is 23.8 Å². The Morgan fingerprint density at radius 1 is 1.24 bits per heavy atom. The van der Waals surface area contributed by atoms with Crippen molar-refractivity contribution in [2.45, 2.75) is 12.5 Å². The summed E-state index contributed by atoms with van der Waals surface area (Å²) in [7, 11) is 1.73. The fourth-order valence-corrected chi connectivity index (χ4v) is 2.78. The van der Waals surface area contributed by atoms with Crippen molar-refractivity contribution in [3.8, 4) is 0 Å². The van der Waals surface area contributed by atoms with Crippen LogP contribution < -0.4 is 10.6 Å². The smallest absolute Gasteiger partial charge is 0.333 e. The molecular formula is C18H17ClN4O2. The molecule has 0 bridgehead atoms. The number of hydrogen-bond donors (Lipinski definition) is 2. The molecule has 2 aromatic rings. The molecule has 1 heterocycles. The third-order valence-electron chi connectivity index (χ3n) is 3.89. The lowest BCUT2D eigenvalue weighted by Gasteiger charge is -2.18. The number of urea groups is 1. The first-order valence-corrected chi connectivity index (χ1v) is 8.13. The standard InChI is InChI=1S/C18H17ClN4O2/c1-23-15(10-12-6-3-2-4-7-12)16(24)21-17(23)22-18(25)20-14-9-5-8-13(19)11-14/h2-9,11,15H,10H2,1H3,(H2,20,21,22,24,25). The number of carbonyl (C=O) groups is 2. The molecule has 128 valence electrons. The Labute approximate surface area is 150 Å². The first-order chi connectivity index (χ1) is 12.0. The SMILES string of the molecule is CN1C(=NC(=O)Nc2cccc(Cl)c2)NC(=O)C1Cc1ccccc1. The lowest BCUT2D eigenvalue weighted by atomic mass is 10.1. The largest absolute Gasteiger partial charge is 0.348 e. The molecule has 1 atom stereocenters. The van der Waals surface area contributed by atoms with Crippen molar-refractivity contribution in [2.75, 3.05) is 12.4 Å². The van der Waals surface area contributed by atoms with Crippen molar-refractivity contribution >= 4 is 35.2 Å². The number of guanidine groups is 1. The van der Waals surface area contributed by atoms with E-state index in [-0.39, 0.29) is 11.9 Å². The lowest BCUT2D eigenvalue weighted by molar-refractivity contribution is -0.121. The molecule has 7 heteroatoms. The van der Waals surface area contributed by atoms with Crippen molar-refractivity contribution in [1.29, 1.82) is 0 Å². The molecule has 3 rings (SSSR count). The molecule has 0 radical (unpaired) electrons. The van der Waals surface area contributed by atoms with Crippen molar-refractivity contribution < 1.29 is 9.59 Å². The summed E-state index contributed by atoms with van der Waals surface area (Å²) < 4.78 is 0. The Morgan fingerprint density at radius 2 is 2.00 bits per heavy atom. The van der Waals surface area contributed by atoms with Gasteiger partial charge >= 0.3 is 6.03 Å². The van der Waals surface area contributed by atoms with Crippen molar-refractivity contribution in [3.63, 3.8) is 0 Å². The monoisotopic (exact) mass is 356 g/mol. The first-order valence-electron chi connectivity index (χ1n) is 7.76. The Morgan fingerprint density at radius 3 is 2.72 bits per heavy atom. The van der Waals surface area contributed by atoms with Gasteiger partial charge in [0.15, 0.2) is 0 Å². The number of carbonyl (C=O) groups excluding carboxylic acids is 2. The number of nitrogens with zero attached hydrogens (tertiary/aromatic N) is 2. The van der Waals surface area contributed by atoms with Gasteiger partial charge in [0.05, 0.1) is 0 Å².